The van der Waals surface area contributed by atoms with Crippen LogP contribution in [-0.4, -0.2) is 25.4 Å². The molecule has 0 saturated carbocycles. The summed E-state index contributed by atoms with van der Waals surface area (Å²) in [4.78, 5) is 0. The Morgan fingerprint density at radius 1 is 1.23 bits per heavy atom. The first-order valence-electron chi connectivity index (χ1n) is 8.23. The molecule has 1 aliphatic heterocycles. The first-order chi connectivity index (χ1) is 10.7. The van der Waals surface area contributed by atoms with Crippen LogP contribution >= 0.6 is 0 Å². The molecule has 22 heavy (non-hydrogen) atoms. The summed E-state index contributed by atoms with van der Waals surface area (Å²) in [7, 11) is 0. The van der Waals surface area contributed by atoms with Crippen LogP contribution < -0.4 is 10.1 Å². The van der Waals surface area contributed by atoms with Crippen molar-refractivity contribution in [2.75, 3.05) is 13.2 Å². The lowest BCUT2D eigenvalue weighted by Gasteiger charge is -2.18. The number of hydrogen-bond donors (Lipinski definition) is 1. The predicted molar refractivity (Wildman–Crippen MR) is 90.4 cm³/mol. The van der Waals surface area contributed by atoms with Crippen molar-refractivity contribution in [3.05, 3.63) is 42.0 Å². The molecule has 1 saturated heterocycles. The quantitative estimate of drug-likeness (QED) is 0.877. The highest BCUT2D eigenvalue weighted by atomic mass is 16.5. The molecule has 0 bridgehead atoms. The predicted octanol–water partition coefficient (Wildman–Crippen LogP) is 3.90. The van der Waals surface area contributed by atoms with Gasteiger partial charge in [0.05, 0.1) is 12.2 Å². The van der Waals surface area contributed by atoms with Gasteiger partial charge in [0.1, 0.15) is 5.75 Å². The Morgan fingerprint density at radius 3 is 2.86 bits per heavy atom. The number of fused-ring (bicyclic) bond motifs is 1. The van der Waals surface area contributed by atoms with Crippen molar-refractivity contribution in [3.8, 4) is 5.75 Å². The van der Waals surface area contributed by atoms with E-state index in [1.165, 1.54) is 22.8 Å². The van der Waals surface area contributed by atoms with Crippen LogP contribution in [0.2, 0.25) is 0 Å². The van der Waals surface area contributed by atoms with Gasteiger partial charge in [0.15, 0.2) is 0 Å². The molecule has 2 aromatic rings. The van der Waals surface area contributed by atoms with Crippen molar-refractivity contribution < 1.29 is 9.47 Å². The minimum Gasteiger partial charge on any atom is -0.491 e. The smallest absolute Gasteiger partial charge is 0.124 e. The topological polar surface area (TPSA) is 30.5 Å². The van der Waals surface area contributed by atoms with E-state index in [0.29, 0.717) is 6.10 Å². The number of benzene rings is 2. The zero-order valence-electron chi connectivity index (χ0n) is 13.5. The maximum absolute atomic E-state index is 6.00. The fraction of sp³-hybridized carbons (Fsp3) is 0.474. The molecule has 2 aromatic carbocycles. The Kier molecular flexibility index (Phi) is 4.96. The second-order valence-corrected chi connectivity index (χ2v) is 6.20. The zero-order valence-corrected chi connectivity index (χ0v) is 13.5. The third kappa shape index (κ3) is 3.60. The lowest BCUT2D eigenvalue weighted by atomic mass is 10.0. The molecular formula is C19H25NO2. The van der Waals surface area contributed by atoms with Gasteiger partial charge in [0, 0.05) is 25.3 Å². The van der Waals surface area contributed by atoms with Crippen molar-refractivity contribution in [2.24, 2.45) is 0 Å². The van der Waals surface area contributed by atoms with Gasteiger partial charge in [-0.05, 0) is 43.5 Å². The molecule has 1 N–H and O–H groups in total. The first-order valence-corrected chi connectivity index (χ1v) is 8.23. The van der Waals surface area contributed by atoms with Crippen molar-refractivity contribution in [1.82, 2.24) is 5.32 Å². The maximum Gasteiger partial charge on any atom is 0.124 e. The highest BCUT2D eigenvalue weighted by Crippen LogP contribution is 2.29. The summed E-state index contributed by atoms with van der Waals surface area (Å²) >= 11 is 0. The lowest BCUT2D eigenvalue weighted by Crippen LogP contribution is -2.26. The fourth-order valence-corrected chi connectivity index (χ4v) is 3.03. The van der Waals surface area contributed by atoms with Gasteiger partial charge in [-0.25, -0.2) is 0 Å². The van der Waals surface area contributed by atoms with E-state index < -0.39 is 0 Å². The van der Waals surface area contributed by atoms with E-state index in [9.17, 15) is 0 Å². The van der Waals surface area contributed by atoms with Crippen LogP contribution in [0.4, 0.5) is 0 Å². The summed E-state index contributed by atoms with van der Waals surface area (Å²) in [5.41, 5.74) is 1.24. The Balaban J connectivity index is 1.80. The van der Waals surface area contributed by atoms with Gasteiger partial charge in [-0.1, -0.05) is 30.3 Å². The molecule has 1 heterocycles. The van der Waals surface area contributed by atoms with Gasteiger partial charge in [-0.2, -0.15) is 0 Å². The van der Waals surface area contributed by atoms with Crippen LogP contribution in [0.3, 0.4) is 0 Å². The van der Waals surface area contributed by atoms with Crippen LogP contribution in [0.25, 0.3) is 10.8 Å². The third-order valence-corrected chi connectivity index (χ3v) is 4.06. The molecule has 118 valence electrons. The molecule has 0 amide bonds. The van der Waals surface area contributed by atoms with E-state index >= 15 is 0 Å². The highest BCUT2D eigenvalue weighted by Gasteiger charge is 2.16. The van der Waals surface area contributed by atoms with Gasteiger partial charge in [0.2, 0.25) is 0 Å². The molecule has 1 fully saturated rings. The molecule has 0 spiro atoms. The first kappa shape index (κ1) is 15.3. The Bertz CT molecular complexity index is 618. The lowest BCUT2D eigenvalue weighted by molar-refractivity contribution is 0.110. The fourth-order valence-electron chi connectivity index (χ4n) is 3.03. The van der Waals surface area contributed by atoms with Crippen molar-refractivity contribution >= 4 is 10.8 Å². The number of ether oxygens (including phenoxy) is 2. The van der Waals surface area contributed by atoms with Crippen molar-refractivity contribution in [3.63, 3.8) is 0 Å². The molecule has 3 rings (SSSR count). The molecule has 1 aliphatic rings. The summed E-state index contributed by atoms with van der Waals surface area (Å²) in [6.45, 7) is 6.76. The Labute approximate surface area is 132 Å². The molecule has 3 heteroatoms. The minimum atomic E-state index is 0.179. The highest BCUT2D eigenvalue weighted by molar-refractivity contribution is 5.87. The van der Waals surface area contributed by atoms with Gasteiger partial charge in [0.25, 0.3) is 0 Å². The average Bonchev–Trinajstić information content (AvgIpc) is 3.02. The standard InChI is InChI=1S/C19H25NO2/c1-14(2)22-19-10-9-15-6-3-4-8-17(15)18(19)13-20-12-16-7-5-11-21-16/h3-4,6,8-10,14,16,20H,5,7,11-13H2,1-2H3/t16-/m0/s1. The number of nitrogens with one attached hydrogen (secondary N) is 1. The molecule has 3 nitrogen and oxygen atoms in total. The van der Waals surface area contributed by atoms with E-state index in [4.69, 9.17) is 9.47 Å². The van der Waals surface area contributed by atoms with Gasteiger partial charge < -0.3 is 14.8 Å². The number of rotatable bonds is 6. The molecule has 0 aliphatic carbocycles. The summed E-state index contributed by atoms with van der Waals surface area (Å²) in [5.74, 6) is 0.980. The third-order valence-electron chi connectivity index (χ3n) is 4.06. The van der Waals surface area contributed by atoms with E-state index in [-0.39, 0.29) is 6.10 Å². The summed E-state index contributed by atoms with van der Waals surface area (Å²) in [6, 6.07) is 12.7. The SMILES string of the molecule is CC(C)Oc1ccc2ccccc2c1CNC[C@@H]1CCCO1. The van der Waals surface area contributed by atoms with E-state index in [0.717, 1.165) is 31.9 Å². The molecule has 1 atom stereocenters. The van der Waals surface area contributed by atoms with Crippen LogP contribution in [0.15, 0.2) is 36.4 Å². The van der Waals surface area contributed by atoms with E-state index in [1.54, 1.807) is 0 Å². The zero-order chi connectivity index (χ0) is 15.4. The summed E-state index contributed by atoms with van der Waals surface area (Å²) in [5, 5.41) is 6.07. The van der Waals surface area contributed by atoms with Crippen LogP contribution in [-0.2, 0) is 11.3 Å². The Morgan fingerprint density at radius 2 is 2.09 bits per heavy atom. The van der Waals surface area contributed by atoms with Crippen molar-refractivity contribution in [2.45, 2.75) is 45.4 Å². The summed E-state index contributed by atoms with van der Waals surface area (Å²) < 4.78 is 11.7. The molecule has 0 radical (unpaired) electrons. The van der Waals surface area contributed by atoms with Gasteiger partial charge >= 0.3 is 0 Å². The normalized spacial score (nSPS) is 18.2. The molecular weight excluding hydrogens is 274 g/mol. The van der Waals surface area contributed by atoms with Crippen LogP contribution in [0, 0.1) is 0 Å². The molecule has 0 unspecified atom stereocenters. The second-order valence-electron chi connectivity index (χ2n) is 6.20. The van der Waals surface area contributed by atoms with E-state index in [1.807, 2.05) is 0 Å². The monoisotopic (exact) mass is 299 g/mol. The second kappa shape index (κ2) is 7.12. The Hall–Kier alpha value is -1.58. The number of hydrogen-bond acceptors (Lipinski definition) is 3. The van der Waals surface area contributed by atoms with Crippen LogP contribution in [0.5, 0.6) is 5.75 Å². The van der Waals surface area contributed by atoms with Crippen LogP contribution in [0.1, 0.15) is 32.3 Å². The largest absolute Gasteiger partial charge is 0.491 e. The van der Waals surface area contributed by atoms with Gasteiger partial charge in [-0.3, -0.25) is 0 Å². The minimum absolute atomic E-state index is 0.179. The van der Waals surface area contributed by atoms with E-state index in [2.05, 4.69) is 55.6 Å². The van der Waals surface area contributed by atoms with Gasteiger partial charge in [-0.15, -0.1) is 0 Å². The molecule has 0 aromatic heterocycles. The maximum atomic E-state index is 6.00. The summed E-state index contributed by atoms with van der Waals surface area (Å²) in [6.07, 6.45) is 2.89. The van der Waals surface area contributed by atoms with Crippen molar-refractivity contribution in [1.29, 1.82) is 0 Å². The average molecular weight is 299 g/mol.